The van der Waals surface area contributed by atoms with Gasteiger partial charge in [-0.3, -0.25) is 4.79 Å². The molecule has 0 aromatic carbocycles. The third-order valence-corrected chi connectivity index (χ3v) is 7.80. The van der Waals surface area contributed by atoms with E-state index in [1.807, 2.05) is 0 Å². The number of hydrogen-bond acceptors (Lipinski definition) is 10. The summed E-state index contributed by atoms with van der Waals surface area (Å²) in [6, 6.07) is 0. The van der Waals surface area contributed by atoms with Crippen molar-refractivity contribution in [3.05, 3.63) is 0 Å². The minimum Gasteiger partial charge on any atom is -0.467 e. The van der Waals surface area contributed by atoms with E-state index < -0.39 is 64.9 Å². The molecule has 9 atom stereocenters. The van der Waals surface area contributed by atoms with Crippen molar-refractivity contribution >= 4 is 29.3 Å². The van der Waals surface area contributed by atoms with Crippen LogP contribution < -0.4 is 0 Å². The lowest BCUT2D eigenvalue weighted by Gasteiger charge is -2.32. The van der Waals surface area contributed by atoms with Crippen LogP contribution in [0.5, 0.6) is 0 Å². The van der Waals surface area contributed by atoms with Crippen molar-refractivity contribution in [1.82, 2.24) is 0 Å². The van der Waals surface area contributed by atoms with E-state index in [2.05, 4.69) is 0 Å². The average Bonchev–Trinajstić information content (AvgIpc) is 3.22. The highest BCUT2D eigenvalue weighted by molar-refractivity contribution is 6.20. The number of aliphatic hydroxyl groups is 2. The minimum absolute atomic E-state index is 0.0607. The van der Waals surface area contributed by atoms with Gasteiger partial charge in [-0.25, -0.2) is 9.59 Å². The largest absolute Gasteiger partial charge is 0.467 e. The lowest BCUT2D eigenvalue weighted by molar-refractivity contribution is -0.241. The van der Waals surface area contributed by atoms with E-state index in [1.165, 1.54) is 0 Å². The lowest BCUT2D eigenvalue weighted by Crippen LogP contribution is -2.51. The van der Waals surface area contributed by atoms with Gasteiger partial charge in [0.2, 0.25) is 5.60 Å². The van der Waals surface area contributed by atoms with Crippen LogP contribution in [0.3, 0.4) is 0 Å². The second-order valence-corrected chi connectivity index (χ2v) is 9.87. The van der Waals surface area contributed by atoms with Crippen molar-refractivity contribution in [2.75, 3.05) is 13.0 Å². The highest BCUT2D eigenvalue weighted by atomic mass is 35.5. The predicted molar refractivity (Wildman–Crippen MR) is 99.9 cm³/mol. The number of fused-ring (bicyclic) bond motifs is 4. The summed E-state index contributed by atoms with van der Waals surface area (Å²) in [5.41, 5.74) is -4.26. The van der Waals surface area contributed by atoms with Gasteiger partial charge in [0, 0.05) is 31.6 Å². The number of methoxy groups -OCH3 is 1. The number of aliphatic hydroxyl groups excluding tert-OH is 1. The van der Waals surface area contributed by atoms with Gasteiger partial charge in [0.05, 0.1) is 24.7 Å². The molecular formula is C20H25ClO10. The number of ketones is 1. The van der Waals surface area contributed by atoms with E-state index in [9.17, 15) is 24.6 Å². The first-order valence-electron chi connectivity index (χ1n) is 10.4. The smallest absolute Gasteiger partial charge is 0.344 e. The van der Waals surface area contributed by atoms with Crippen LogP contribution >= 0.6 is 11.6 Å². The number of esters is 2. The van der Waals surface area contributed by atoms with E-state index >= 15 is 0 Å². The summed E-state index contributed by atoms with van der Waals surface area (Å²) in [7, 11) is 1.16. The van der Waals surface area contributed by atoms with Gasteiger partial charge in [0.1, 0.15) is 18.3 Å². The fraction of sp³-hybridized carbons (Fsp3) is 0.850. The Hall–Kier alpha value is -1.30. The zero-order valence-electron chi connectivity index (χ0n) is 17.2. The summed E-state index contributed by atoms with van der Waals surface area (Å²) in [4.78, 5) is 38.0. The second kappa shape index (κ2) is 6.61. The van der Waals surface area contributed by atoms with Crippen molar-refractivity contribution < 1.29 is 48.3 Å². The third kappa shape index (κ3) is 2.92. The number of halogens is 1. The Morgan fingerprint density at radius 2 is 2.00 bits per heavy atom. The van der Waals surface area contributed by atoms with Crippen LogP contribution in [0.15, 0.2) is 0 Å². The molecule has 0 aromatic rings. The minimum atomic E-state index is -1.91. The molecule has 0 saturated carbocycles. The van der Waals surface area contributed by atoms with Crippen molar-refractivity contribution in [2.24, 2.45) is 5.92 Å². The molecule has 6 bridgehead atoms. The molecule has 5 rings (SSSR count). The lowest BCUT2D eigenvalue weighted by atomic mass is 9.79. The SMILES string of the molecule is COC(=O)C1(CCl)OC2(O)CC3OC(C)(CC3=O)CC3OC(=O)C4(OC34)C(O)CC1C2. The van der Waals surface area contributed by atoms with Crippen LogP contribution in [0.1, 0.15) is 39.0 Å². The van der Waals surface area contributed by atoms with Gasteiger partial charge in [0.15, 0.2) is 17.2 Å². The topological polar surface area (TPSA) is 141 Å². The Balaban J connectivity index is 1.56. The average molecular weight is 461 g/mol. The van der Waals surface area contributed by atoms with Gasteiger partial charge in [-0.2, -0.15) is 0 Å². The highest BCUT2D eigenvalue weighted by Crippen LogP contribution is 2.56. The number of carbonyl (C=O) groups excluding carboxylic acids is 3. The van der Waals surface area contributed by atoms with Gasteiger partial charge in [-0.05, 0) is 13.3 Å². The molecule has 0 aromatic heterocycles. The Bertz CT molecular complexity index is 850. The van der Waals surface area contributed by atoms with Gasteiger partial charge in [-0.1, -0.05) is 0 Å². The van der Waals surface area contributed by atoms with Gasteiger partial charge < -0.3 is 33.9 Å². The van der Waals surface area contributed by atoms with Crippen molar-refractivity contribution in [3.8, 4) is 0 Å². The van der Waals surface area contributed by atoms with Crippen LogP contribution in [0, 0.1) is 5.92 Å². The molecule has 0 radical (unpaired) electrons. The van der Waals surface area contributed by atoms with E-state index in [-0.39, 0.29) is 43.8 Å². The Morgan fingerprint density at radius 1 is 1.26 bits per heavy atom. The van der Waals surface area contributed by atoms with Crippen LogP contribution in [0.25, 0.3) is 0 Å². The molecule has 5 fully saturated rings. The van der Waals surface area contributed by atoms with Crippen LogP contribution in [0.2, 0.25) is 0 Å². The zero-order chi connectivity index (χ0) is 22.4. The standard InChI is InChI=1S/C20H25ClO10/c1-17-5-10(22)11(29-17)7-18(26)4-9(19(8-21,31-18)15(24)27-2)3-13(23)20-14(30-20)12(6-17)28-16(20)25/h9,11-14,23,26H,3-8H2,1-2H3. The molecule has 172 valence electrons. The number of epoxide rings is 1. The van der Waals surface area contributed by atoms with Gasteiger partial charge >= 0.3 is 11.9 Å². The molecule has 0 amide bonds. The molecule has 31 heavy (non-hydrogen) atoms. The molecule has 2 N–H and O–H groups in total. The number of rotatable bonds is 2. The molecule has 9 unspecified atom stereocenters. The molecule has 5 saturated heterocycles. The number of carbonyl (C=O) groups is 3. The highest BCUT2D eigenvalue weighted by Gasteiger charge is 2.78. The fourth-order valence-electron chi connectivity index (χ4n) is 5.89. The maximum Gasteiger partial charge on any atom is 0.344 e. The summed E-state index contributed by atoms with van der Waals surface area (Å²) in [6.07, 6.45) is -3.79. The number of ether oxygens (including phenoxy) is 5. The molecule has 0 spiro atoms. The Morgan fingerprint density at radius 3 is 2.65 bits per heavy atom. The van der Waals surface area contributed by atoms with Crippen molar-refractivity contribution in [1.29, 1.82) is 0 Å². The molecule has 5 heterocycles. The summed E-state index contributed by atoms with van der Waals surface area (Å²) in [5, 5.41) is 22.2. The van der Waals surface area contributed by atoms with Gasteiger partial charge in [-0.15, -0.1) is 11.6 Å². The van der Waals surface area contributed by atoms with E-state index in [0.717, 1.165) is 7.11 Å². The summed E-state index contributed by atoms with van der Waals surface area (Å²) in [5.74, 6) is -4.81. The monoisotopic (exact) mass is 460 g/mol. The third-order valence-electron chi connectivity index (χ3n) is 7.40. The van der Waals surface area contributed by atoms with E-state index in [0.29, 0.717) is 0 Å². The second-order valence-electron chi connectivity index (χ2n) is 9.60. The quantitative estimate of drug-likeness (QED) is 0.317. The van der Waals surface area contributed by atoms with Crippen LogP contribution in [-0.2, 0) is 38.1 Å². The molecule has 0 aliphatic carbocycles. The summed E-state index contributed by atoms with van der Waals surface area (Å²) < 4.78 is 27.9. The Kier molecular flexibility index (Phi) is 4.60. The predicted octanol–water partition coefficient (Wildman–Crippen LogP) is -0.413. The normalized spacial score (nSPS) is 53.1. The van der Waals surface area contributed by atoms with Crippen molar-refractivity contribution in [2.45, 2.75) is 86.0 Å². The Labute approximate surface area is 183 Å². The fourth-order valence-corrected chi connectivity index (χ4v) is 6.27. The van der Waals surface area contributed by atoms with Crippen molar-refractivity contribution in [3.63, 3.8) is 0 Å². The molecule has 10 nitrogen and oxygen atoms in total. The van der Waals surface area contributed by atoms with E-state index in [1.54, 1.807) is 6.92 Å². The van der Waals surface area contributed by atoms with Crippen LogP contribution in [0.4, 0.5) is 0 Å². The number of hydrogen-bond donors (Lipinski definition) is 2. The number of alkyl halides is 1. The summed E-state index contributed by atoms with van der Waals surface area (Å²) >= 11 is 6.14. The molecular weight excluding hydrogens is 436 g/mol. The van der Waals surface area contributed by atoms with Crippen LogP contribution in [-0.4, -0.2) is 87.9 Å². The molecule has 11 heteroatoms. The maximum atomic E-state index is 12.7. The van der Waals surface area contributed by atoms with Gasteiger partial charge in [0.25, 0.3) is 0 Å². The summed E-state index contributed by atoms with van der Waals surface area (Å²) in [6.45, 7) is 1.73. The first-order valence-corrected chi connectivity index (χ1v) is 10.9. The first-order chi connectivity index (χ1) is 14.5. The zero-order valence-corrected chi connectivity index (χ0v) is 17.9. The molecule has 5 aliphatic rings. The maximum absolute atomic E-state index is 12.7. The first kappa shape index (κ1) is 21.5. The molecule has 5 aliphatic heterocycles. The van der Waals surface area contributed by atoms with E-state index in [4.69, 9.17) is 35.3 Å². The number of Topliss-reactive ketones (excluding diaryl/α,β-unsaturated/α-hetero) is 1.